The van der Waals surface area contributed by atoms with E-state index in [4.69, 9.17) is 5.11 Å². The number of rotatable bonds is 2. The molecule has 1 aromatic carbocycles. The summed E-state index contributed by atoms with van der Waals surface area (Å²) in [7, 11) is 0. The van der Waals surface area contributed by atoms with E-state index in [0.29, 0.717) is 13.1 Å². The van der Waals surface area contributed by atoms with E-state index < -0.39 is 5.97 Å². The summed E-state index contributed by atoms with van der Waals surface area (Å²) < 4.78 is 0. The Balaban J connectivity index is 2.19. The van der Waals surface area contributed by atoms with Crippen molar-refractivity contribution in [3.63, 3.8) is 0 Å². The minimum Gasteiger partial charge on any atom is -0.481 e. The molecule has 0 aromatic heterocycles. The Morgan fingerprint density at radius 2 is 2.17 bits per heavy atom. The molecule has 1 saturated heterocycles. The number of carbonyl (C=O) groups is 1. The molecule has 1 aromatic rings. The Morgan fingerprint density at radius 3 is 2.83 bits per heavy atom. The maximum Gasteiger partial charge on any atom is 0.309 e. The molecule has 1 aliphatic heterocycles. The molecule has 4 heteroatoms. The first-order chi connectivity index (χ1) is 8.58. The van der Waals surface area contributed by atoms with Gasteiger partial charge in [0.25, 0.3) is 0 Å². The average molecular weight is 248 g/mol. The van der Waals surface area contributed by atoms with Crippen LogP contribution in [0.25, 0.3) is 0 Å². The Kier molecular flexibility index (Phi) is 3.87. The molecule has 0 bridgehead atoms. The monoisotopic (exact) mass is 248 g/mol. The molecule has 1 aliphatic rings. The summed E-state index contributed by atoms with van der Waals surface area (Å²) in [5, 5.41) is 12.3. The van der Waals surface area contributed by atoms with Crippen molar-refractivity contribution in [3.05, 3.63) is 29.3 Å². The van der Waals surface area contributed by atoms with Crippen LogP contribution in [0.1, 0.15) is 11.1 Å². The van der Waals surface area contributed by atoms with Crippen molar-refractivity contribution in [2.75, 3.05) is 31.1 Å². The highest BCUT2D eigenvalue weighted by Crippen LogP contribution is 2.20. The molecule has 0 saturated carbocycles. The fourth-order valence-electron chi connectivity index (χ4n) is 2.23. The lowest BCUT2D eigenvalue weighted by Gasteiger charge is -2.25. The molecule has 18 heavy (non-hydrogen) atoms. The third kappa shape index (κ3) is 2.82. The van der Waals surface area contributed by atoms with E-state index in [9.17, 15) is 4.79 Å². The van der Waals surface area contributed by atoms with Gasteiger partial charge >= 0.3 is 5.97 Å². The van der Waals surface area contributed by atoms with Gasteiger partial charge in [0, 0.05) is 31.9 Å². The number of nitrogens with one attached hydrogen (secondary N) is 1. The van der Waals surface area contributed by atoms with Gasteiger partial charge in [0.2, 0.25) is 0 Å². The molecule has 98 valence electrons. The van der Waals surface area contributed by atoms with Gasteiger partial charge in [-0.25, -0.2) is 0 Å². The van der Waals surface area contributed by atoms with E-state index >= 15 is 0 Å². The van der Waals surface area contributed by atoms with E-state index in [1.54, 1.807) is 0 Å². The maximum absolute atomic E-state index is 11.1. The van der Waals surface area contributed by atoms with Gasteiger partial charge < -0.3 is 15.3 Å². The molecule has 0 aliphatic carbocycles. The molecular formula is C14H20N2O2. The number of aryl methyl sites for hydroxylation is 2. The van der Waals surface area contributed by atoms with Gasteiger partial charge in [-0.1, -0.05) is 6.07 Å². The number of hydrogen-bond donors (Lipinski definition) is 2. The molecule has 2 rings (SSSR count). The van der Waals surface area contributed by atoms with Crippen molar-refractivity contribution >= 4 is 11.7 Å². The highest BCUT2D eigenvalue weighted by Gasteiger charge is 2.23. The van der Waals surface area contributed by atoms with Gasteiger partial charge in [-0.2, -0.15) is 0 Å². The summed E-state index contributed by atoms with van der Waals surface area (Å²) >= 11 is 0. The van der Waals surface area contributed by atoms with Gasteiger partial charge in [0.15, 0.2) is 0 Å². The van der Waals surface area contributed by atoms with Crippen LogP contribution in [0.5, 0.6) is 0 Å². The van der Waals surface area contributed by atoms with Crippen LogP contribution in [0, 0.1) is 19.8 Å². The van der Waals surface area contributed by atoms with Crippen molar-refractivity contribution < 1.29 is 9.90 Å². The van der Waals surface area contributed by atoms with Crippen LogP contribution in [0.4, 0.5) is 5.69 Å². The zero-order valence-corrected chi connectivity index (χ0v) is 10.9. The maximum atomic E-state index is 11.1. The smallest absolute Gasteiger partial charge is 0.309 e. The SMILES string of the molecule is Cc1ccc(N2CCNCC(C(=O)O)C2)cc1C. The van der Waals surface area contributed by atoms with Crippen molar-refractivity contribution in [1.29, 1.82) is 0 Å². The van der Waals surface area contributed by atoms with Gasteiger partial charge in [0.1, 0.15) is 0 Å². The van der Waals surface area contributed by atoms with Gasteiger partial charge in [-0.3, -0.25) is 4.79 Å². The standard InChI is InChI=1S/C14H20N2O2/c1-10-3-4-13(7-11(10)2)16-6-5-15-8-12(9-16)14(17)18/h3-4,7,12,15H,5-6,8-9H2,1-2H3,(H,17,18). The molecule has 1 fully saturated rings. The van der Waals surface area contributed by atoms with Crippen LogP contribution in [0.2, 0.25) is 0 Å². The predicted octanol–water partition coefficient (Wildman–Crippen LogP) is 1.41. The first kappa shape index (κ1) is 12.9. The van der Waals surface area contributed by atoms with Crippen molar-refractivity contribution in [2.24, 2.45) is 5.92 Å². The lowest BCUT2D eigenvalue weighted by Crippen LogP contribution is -2.33. The van der Waals surface area contributed by atoms with Crippen LogP contribution in [-0.2, 0) is 4.79 Å². The molecular weight excluding hydrogens is 228 g/mol. The average Bonchev–Trinajstić information content (AvgIpc) is 2.58. The minimum atomic E-state index is -0.724. The Labute approximate surface area is 108 Å². The third-order valence-corrected chi connectivity index (χ3v) is 3.59. The fraction of sp³-hybridized carbons (Fsp3) is 0.500. The number of nitrogens with zero attached hydrogens (tertiary/aromatic N) is 1. The lowest BCUT2D eigenvalue weighted by molar-refractivity contribution is -0.141. The second-order valence-electron chi connectivity index (χ2n) is 4.95. The fourth-order valence-corrected chi connectivity index (χ4v) is 2.23. The zero-order chi connectivity index (χ0) is 13.1. The molecule has 2 N–H and O–H groups in total. The normalized spacial score (nSPS) is 20.6. The number of aliphatic carboxylic acids is 1. The van der Waals surface area contributed by atoms with Crippen LogP contribution >= 0.6 is 0 Å². The number of carboxylic acid groups (broad SMARTS) is 1. The molecule has 1 unspecified atom stereocenters. The molecule has 0 spiro atoms. The van der Waals surface area contributed by atoms with Crippen LogP contribution < -0.4 is 10.2 Å². The molecule has 0 amide bonds. The quantitative estimate of drug-likeness (QED) is 0.831. The second-order valence-corrected chi connectivity index (χ2v) is 4.95. The van der Waals surface area contributed by atoms with E-state index in [1.807, 2.05) is 0 Å². The van der Waals surface area contributed by atoms with Crippen LogP contribution in [-0.4, -0.2) is 37.3 Å². The number of hydrogen-bond acceptors (Lipinski definition) is 3. The molecule has 1 heterocycles. The van der Waals surface area contributed by atoms with Crippen molar-refractivity contribution in [2.45, 2.75) is 13.8 Å². The van der Waals surface area contributed by atoms with Crippen molar-refractivity contribution in [3.8, 4) is 0 Å². The highest BCUT2D eigenvalue weighted by atomic mass is 16.4. The number of carboxylic acids is 1. The topological polar surface area (TPSA) is 52.6 Å². The van der Waals surface area contributed by atoms with Crippen molar-refractivity contribution in [1.82, 2.24) is 5.32 Å². The predicted molar refractivity (Wildman–Crippen MR) is 72.1 cm³/mol. The number of benzene rings is 1. The third-order valence-electron chi connectivity index (χ3n) is 3.59. The minimum absolute atomic E-state index is 0.339. The lowest BCUT2D eigenvalue weighted by atomic mass is 10.1. The summed E-state index contributed by atoms with van der Waals surface area (Å²) in [6, 6.07) is 6.31. The summed E-state index contributed by atoms with van der Waals surface area (Å²) in [6.07, 6.45) is 0. The zero-order valence-electron chi connectivity index (χ0n) is 10.9. The van der Waals surface area contributed by atoms with E-state index in [1.165, 1.54) is 11.1 Å². The van der Waals surface area contributed by atoms with Gasteiger partial charge in [-0.15, -0.1) is 0 Å². The van der Waals surface area contributed by atoms with Crippen LogP contribution in [0.15, 0.2) is 18.2 Å². The Hall–Kier alpha value is -1.55. The second kappa shape index (κ2) is 5.40. The highest BCUT2D eigenvalue weighted by molar-refractivity contribution is 5.71. The summed E-state index contributed by atoms with van der Waals surface area (Å²) in [5.74, 6) is -1.06. The summed E-state index contributed by atoms with van der Waals surface area (Å²) in [6.45, 7) is 6.98. The first-order valence-electron chi connectivity index (χ1n) is 6.33. The van der Waals surface area contributed by atoms with E-state index in [0.717, 1.165) is 18.8 Å². The summed E-state index contributed by atoms with van der Waals surface area (Å²) in [4.78, 5) is 13.3. The largest absolute Gasteiger partial charge is 0.481 e. The first-order valence-corrected chi connectivity index (χ1v) is 6.33. The van der Waals surface area contributed by atoms with Gasteiger partial charge in [0.05, 0.1) is 5.92 Å². The molecule has 4 nitrogen and oxygen atoms in total. The summed E-state index contributed by atoms with van der Waals surface area (Å²) in [5.41, 5.74) is 3.63. The Bertz CT molecular complexity index is 445. The van der Waals surface area contributed by atoms with E-state index in [2.05, 4.69) is 42.3 Å². The molecule has 1 atom stereocenters. The van der Waals surface area contributed by atoms with E-state index in [-0.39, 0.29) is 5.92 Å². The molecule has 0 radical (unpaired) electrons. The van der Waals surface area contributed by atoms with Crippen LogP contribution in [0.3, 0.4) is 0 Å². The Morgan fingerprint density at radius 1 is 1.39 bits per heavy atom. The number of anilines is 1. The van der Waals surface area contributed by atoms with Gasteiger partial charge in [-0.05, 0) is 37.1 Å².